The molecule has 2 heterocycles. The fourth-order valence-electron chi connectivity index (χ4n) is 3.01. The van der Waals surface area contributed by atoms with Crippen LogP contribution in [0, 0.1) is 5.92 Å². The van der Waals surface area contributed by atoms with E-state index in [1.807, 2.05) is 25.5 Å². The summed E-state index contributed by atoms with van der Waals surface area (Å²) in [4.78, 5) is 0. The molecular formula is C16H27N3O2S. The van der Waals surface area contributed by atoms with Gasteiger partial charge in [0.25, 0.3) is 0 Å². The van der Waals surface area contributed by atoms with Crippen molar-refractivity contribution >= 4 is 10.0 Å². The lowest BCUT2D eigenvalue weighted by atomic mass is 10.0. The molecule has 0 radical (unpaired) electrons. The highest BCUT2D eigenvalue weighted by atomic mass is 32.2. The molecule has 0 bridgehead atoms. The Morgan fingerprint density at radius 2 is 2.23 bits per heavy atom. The summed E-state index contributed by atoms with van der Waals surface area (Å²) < 4.78 is 28.2. The van der Waals surface area contributed by atoms with Gasteiger partial charge < -0.3 is 0 Å². The van der Waals surface area contributed by atoms with Crippen LogP contribution in [-0.2, 0) is 23.5 Å². The second kappa shape index (κ2) is 7.92. The summed E-state index contributed by atoms with van der Waals surface area (Å²) in [5, 5.41) is 4.17. The maximum absolute atomic E-state index is 12.4. The standard InChI is InChI=1S/C16H27N3O2S/c1-3-4-5-6-7-10-22(20,21)19-9-8-15(14-19)11-16-12-17-18(2)13-16/h3,12-13,15H,1,4-11,14H2,2H3. The first-order chi connectivity index (χ1) is 10.5. The molecule has 1 saturated heterocycles. The summed E-state index contributed by atoms with van der Waals surface area (Å²) in [6, 6.07) is 0. The molecule has 1 aromatic rings. The fraction of sp³-hybridized carbons (Fsp3) is 0.688. The molecule has 1 fully saturated rings. The molecule has 1 unspecified atom stereocenters. The van der Waals surface area contributed by atoms with E-state index < -0.39 is 10.0 Å². The second-order valence-corrected chi connectivity index (χ2v) is 8.28. The zero-order valence-electron chi connectivity index (χ0n) is 13.4. The molecule has 6 heteroatoms. The molecule has 0 N–H and O–H groups in total. The Hall–Kier alpha value is -1.14. The van der Waals surface area contributed by atoms with Crippen molar-refractivity contribution < 1.29 is 8.42 Å². The van der Waals surface area contributed by atoms with Gasteiger partial charge in [0.15, 0.2) is 0 Å². The van der Waals surface area contributed by atoms with Crippen LogP contribution in [0.4, 0.5) is 0 Å². The van der Waals surface area contributed by atoms with Crippen LogP contribution in [0.3, 0.4) is 0 Å². The van der Waals surface area contributed by atoms with Crippen LogP contribution in [-0.4, -0.2) is 41.3 Å². The first-order valence-electron chi connectivity index (χ1n) is 8.07. The molecule has 5 nitrogen and oxygen atoms in total. The Labute approximate surface area is 134 Å². The van der Waals surface area contributed by atoms with Crippen LogP contribution in [0.5, 0.6) is 0 Å². The number of unbranched alkanes of at least 4 members (excludes halogenated alkanes) is 3. The third-order valence-electron chi connectivity index (χ3n) is 4.24. The van der Waals surface area contributed by atoms with Crippen molar-refractivity contribution in [1.82, 2.24) is 14.1 Å². The highest BCUT2D eigenvalue weighted by Gasteiger charge is 2.30. The van der Waals surface area contributed by atoms with Crippen LogP contribution in [0.25, 0.3) is 0 Å². The number of allylic oxidation sites excluding steroid dienone is 1. The lowest BCUT2D eigenvalue weighted by Crippen LogP contribution is -2.31. The van der Waals surface area contributed by atoms with Crippen LogP contribution < -0.4 is 0 Å². The first-order valence-corrected chi connectivity index (χ1v) is 9.68. The molecule has 1 aliphatic rings. The highest BCUT2D eigenvalue weighted by molar-refractivity contribution is 7.89. The van der Waals surface area contributed by atoms with Crippen LogP contribution in [0.15, 0.2) is 25.0 Å². The molecule has 1 aromatic heterocycles. The molecule has 2 rings (SSSR count). The summed E-state index contributed by atoms with van der Waals surface area (Å²) in [7, 11) is -1.18. The van der Waals surface area contributed by atoms with Crippen molar-refractivity contribution in [3.05, 3.63) is 30.6 Å². The van der Waals surface area contributed by atoms with Gasteiger partial charge in [0.2, 0.25) is 10.0 Å². The van der Waals surface area contributed by atoms with E-state index in [1.54, 1.807) is 8.99 Å². The highest BCUT2D eigenvalue weighted by Crippen LogP contribution is 2.23. The molecule has 0 amide bonds. The van der Waals surface area contributed by atoms with E-state index in [9.17, 15) is 8.42 Å². The maximum atomic E-state index is 12.4. The van der Waals surface area contributed by atoms with E-state index in [4.69, 9.17) is 0 Å². The monoisotopic (exact) mass is 325 g/mol. The Morgan fingerprint density at radius 3 is 2.91 bits per heavy atom. The van der Waals surface area contributed by atoms with E-state index in [0.717, 1.165) is 38.5 Å². The predicted octanol–water partition coefficient (Wildman–Crippen LogP) is 2.36. The van der Waals surface area contributed by atoms with Crippen LogP contribution >= 0.6 is 0 Å². The maximum Gasteiger partial charge on any atom is 0.214 e. The SMILES string of the molecule is C=CCCCCCS(=O)(=O)N1CCC(Cc2cnn(C)c2)C1. The van der Waals surface area contributed by atoms with Crippen molar-refractivity contribution in [2.45, 2.75) is 38.5 Å². The topological polar surface area (TPSA) is 55.2 Å². The van der Waals surface area contributed by atoms with Gasteiger partial charge in [-0.3, -0.25) is 4.68 Å². The summed E-state index contributed by atoms with van der Waals surface area (Å²) in [6.07, 6.45) is 11.3. The van der Waals surface area contributed by atoms with E-state index in [1.165, 1.54) is 5.56 Å². The van der Waals surface area contributed by atoms with Gasteiger partial charge in [-0.1, -0.05) is 12.5 Å². The van der Waals surface area contributed by atoms with Gasteiger partial charge in [-0.25, -0.2) is 12.7 Å². The average Bonchev–Trinajstić information content (AvgIpc) is 3.09. The number of nitrogens with zero attached hydrogens (tertiary/aromatic N) is 3. The average molecular weight is 325 g/mol. The van der Waals surface area contributed by atoms with Crippen LogP contribution in [0.1, 0.15) is 37.7 Å². The minimum Gasteiger partial charge on any atom is -0.276 e. The van der Waals surface area contributed by atoms with Crippen molar-refractivity contribution in [2.24, 2.45) is 13.0 Å². The minimum atomic E-state index is -3.08. The van der Waals surface area contributed by atoms with Crippen LogP contribution in [0.2, 0.25) is 0 Å². The molecule has 124 valence electrons. The van der Waals surface area contributed by atoms with E-state index >= 15 is 0 Å². The lowest BCUT2D eigenvalue weighted by molar-refractivity contribution is 0.454. The largest absolute Gasteiger partial charge is 0.276 e. The lowest BCUT2D eigenvalue weighted by Gasteiger charge is -2.16. The van der Waals surface area contributed by atoms with Gasteiger partial charge in [-0.2, -0.15) is 5.10 Å². The van der Waals surface area contributed by atoms with Crippen molar-refractivity contribution in [3.8, 4) is 0 Å². The van der Waals surface area contributed by atoms with E-state index in [-0.39, 0.29) is 5.75 Å². The smallest absolute Gasteiger partial charge is 0.214 e. The van der Waals surface area contributed by atoms with Crippen molar-refractivity contribution in [3.63, 3.8) is 0 Å². The zero-order chi connectivity index (χ0) is 16.0. The van der Waals surface area contributed by atoms with Gasteiger partial charge in [0, 0.05) is 26.3 Å². The van der Waals surface area contributed by atoms with Gasteiger partial charge in [0.05, 0.1) is 11.9 Å². The Bertz CT molecular complexity index is 580. The molecule has 1 atom stereocenters. The quantitative estimate of drug-likeness (QED) is 0.517. The number of hydrogen-bond donors (Lipinski definition) is 0. The molecule has 0 aromatic carbocycles. The Balaban J connectivity index is 1.77. The summed E-state index contributed by atoms with van der Waals surface area (Å²) >= 11 is 0. The molecule has 0 aliphatic carbocycles. The number of aromatic nitrogens is 2. The molecular weight excluding hydrogens is 298 g/mol. The third kappa shape index (κ3) is 4.95. The number of aryl methyl sites for hydroxylation is 1. The molecule has 0 spiro atoms. The second-order valence-electron chi connectivity index (χ2n) is 6.19. The Kier molecular flexibility index (Phi) is 6.20. The molecule has 22 heavy (non-hydrogen) atoms. The minimum absolute atomic E-state index is 0.282. The fourth-order valence-corrected chi connectivity index (χ4v) is 4.65. The molecule has 1 aliphatic heterocycles. The van der Waals surface area contributed by atoms with Crippen molar-refractivity contribution in [1.29, 1.82) is 0 Å². The number of sulfonamides is 1. The first kappa shape index (κ1) is 17.2. The summed E-state index contributed by atoms with van der Waals surface area (Å²) in [5.41, 5.74) is 1.19. The number of hydrogen-bond acceptors (Lipinski definition) is 3. The van der Waals surface area contributed by atoms with E-state index in [0.29, 0.717) is 19.0 Å². The molecule has 0 saturated carbocycles. The van der Waals surface area contributed by atoms with Crippen molar-refractivity contribution in [2.75, 3.05) is 18.8 Å². The van der Waals surface area contributed by atoms with E-state index in [2.05, 4.69) is 11.7 Å². The third-order valence-corrected chi connectivity index (χ3v) is 6.16. The number of rotatable bonds is 9. The van der Waals surface area contributed by atoms with Gasteiger partial charge >= 0.3 is 0 Å². The summed E-state index contributed by atoms with van der Waals surface area (Å²) in [5.74, 6) is 0.698. The summed E-state index contributed by atoms with van der Waals surface area (Å²) in [6.45, 7) is 5.01. The predicted molar refractivity (Wildman–Crippen MR) is 89.0 cm³/mol. The zero-order valence-corrected chi connectivity index (χ0v) is 14.3. The van der Waals surface area contributed by atoms with Gasteiger partial charge in [-0.15, -0.1) is 6.58 Å². The normalized spacial score (nSPS) is 19.6. The van der Waals surface area contributed by atoms with Gasteiger partial charge in [0.1, 0.15) is 0 Å². The van der Waals surface area contributed by atoms with Gasteiger partial charge in [-0.05, 0) is 43.6 Å². The Morgan fingerprint density at radius 1 is 1.41 bits per heavy atom.